The van der Waals surface area contributed by atoms with E-state index in [1.807, 2.05) is 43.8 Å². The highest BCUT2D eigenvalue weighted by molar-refractivity contribution is 6.07. The number of anilines is 1. The van der Waals surface area contributed by atoms with Gasteiger partial charge in [0.1, 0.15) is 11.5 Å². The number of ketones is 1. The second-order valence-corrected chi connectivity index (χ2v) is 9.83. The number of aromatic amines is 1. The number of nitrogens with zero attached hydrogens (tertiary/aromatic N) is 8. The maximum absolute atomic E-state index is 13.5. The number of imidazole rings is 1. The van der Waals surface area contributed by atoms with Crippen molar-refractivity contribution in [3.63, 3.8) is 0 Å². The van der Waals surface area contributed by atoms with E-state index in [2.05, 4.69) is 44.0 Å². The van der Waals surface area contributed by atoms with E-state index < -0.39 is 0 Å². The van der Waals surface area contributed by atoms with Crippen LogP contribution in [0.1, 0.15) is 46.1 Å². The molecule has 5 rings (SSSR count). The number of hydrogen-bond acceptors (Lipinski definition) is 8. The van der Waals surface area contributed by atoms with Gasteiger partial charge in [-0.05, 0) is 65.0 Å². The Morgan fingerprint density at radius 3 is 2.51 bits per heavy atom. The van der Waals surface area contributed by atoms with Gasteiger partial charge in [0.2, 0.25) is 5.78 Å². The Balaban J connectivity index is 1.46. The Labute approximate surface area is 216 Å². The van der Waals surface area contributed by atoms with Crippen LogP contribution in [0.3, 0.4) is 0 Å². The van der Waals surface area contributed by atoms with Gasteiger partial charge in [-0.1, -0.05) is 0 Å². The van der Waals surface area contributed by atoms with Crippen LogP contribution in [-0.4, -0.2) is 86.9 Å². The highest BCUT2D eigenvalue weighted by Gasteiger charge is 2.24. The molecule has 4 aromatic heterocycles. The number of hydrogen-bond donors (Lipinski definition) is 1. The van der Waals surface area contributed by atoms with E-state index in [1.165, 1.54) is 0 Å². The van der Waals surface area contributed by atoms with Crippen LogP contribution in [0.15, 0.2) is 29.3 Å². The predicted molar refractivity (Wildman–Crippen MR) is 146 cm³/mol. The normalized spacial score (nSPS) is 14.9. The average Bonchev–Trinajstić information content (AvgIpc) is 3.43. The molecule has 1 fully saturated rings. The summed E-state index contributed by atoms with van der Waals surface area (Å²) in [5, 5.41) is 4.52. The van der Waals surface area contributed by atoms with E-state index in [0.29, 0.717) is 23.1 Å². The van der Waals surface area contributed by atoms with Crippen LogP contribution >= 0.6 is 0 Å². The largest absolute Gasteiger partial charge is 0.356 e. The molecule has 1 aliphatic heterocycles. The summed E-state index contributed by atoms with van der Waals surface area (Å²) in [6.07, 6.45) is 3.94. The van der Waals surface area contributed by atoms with Crippen LogP contribution in [-0.2, 0) is 7.05 Å². The summed E-state index contributed by atoms with van der Waals surface area (Å²) >= 11 is 0. The van der Waals surface area contributed by atoms with Gasteiger partial charge in [0.25, 0.3) is 0 Å². The zero-order chi connectivity index (χ0) is 26.3. The number of aromatic nitrogens is 6. The molecule has 0 amide bonds. The van der Waals surface area contributed by atoms with Gasteiger partial charge in [-0.3, -0.25) is 14.5 Å². The zero-order valence-corrected chi connectivity index (χ0v) is 22.3. The van der Waals surface area contributed by atoms with E-state index in [0.717, 1.165) is 59.8 Å². The molecule has 0 bridgehead atoms. The van der Waals surface area contributed by atoms with Gasteiger partial charge in [-0.15, -0.1) is 0 Å². The molecule has 0 saturated carbocycles. The number of aliphatic imine (C=N–C) groups is 1. The van der Waals surface area contributed by atoms with E-state index >= 15 is 0 Å². The number of H-pyrrole nitrogens is 1. The fourth-order valence-electron chi connectivity index (χ4n) is 5.06. The molecule has 10 heteroatoms. The van der Waals surface area contributed by atoms with Crippen LogP contribution in [0.4, 0.5) is 5.82 Å². The minimum absolute atomic E-state index is 0.223. The third-order valence-corrected chi connectivity index (χ3v) is 7.24. The molecule has 0 unspecified atom stereocenters. The van der Waals surface area contributed by atoms with Crippen molar-refractivity contribution in [3.8, 4) is 11.3 Å². The number of nitrogens with one attached hydrogen (secondary N) is 1. The number of pyridine rings is 2. The van der Waals surface area contributed by atoms with Crippen molar-refractivity contribution < 1.29 is 4.79 Å². The maximum Gasteiger partial charge on any atom is 0.246 e. The minimum atomic E-state index is -0.285. The second kappa shape index (κ2) is 9.85. The van der Waals surface area contributed by atoms with Gasteiger partial charge in [-0.2, -0.15) is 5.10 Å². The molecule has 5 heterocycles. The number of fused-ring (bicyclic) bond motifs is 1. The third-order valence-electron chi connectivity index (χ3n) is 7.24. The SMILES string of the molecule is CN=Cc1ccc(C(=O)c2nc3nc(N4CCC(N(C)C)CC4)ccc3[nH]2)nc1-c1c(C)nn(C)c1C. The number of carbonyl (C=O) groups excluding carboxylic acids is 1. The first kappa shape index (κ1) is 24.8. The molecule has 1 aliphatic rings. The monoisotopic (exact) mass is 499 g/mol. The van der Waals surface area contributed by atoms with Crippen molar-refractivity contribution >= 4 is 29.0 Å². The van der Waals surface area contributed by atoms with Gasteiger partial charge in [-0.25, -0.2) is 15.0 Å². The Kier molecular flexibility index (Phi) is 6.59. The summed E-state index contributed by atoms with van der Waals surface area (Å²) in [6, 6.07) is 8.12. The summed E-state index contributed by atoms with van der Waals surface area (Å²) in [5.74, 6) is 0.828. The number of piperidine rings is 1. The van der Waals surface area contributed by atoms with Crippen LogP contribution in [0.25, 0.3) is 22.4 Å². The second-order valence-electron chi connectivity index (χ2n) is 9.83. The first-order chi connectivity index (χ1) is 17.8. The fraction of sp³-hybridized carbons (Fsp3) is 0.407. The van der Waals surface area contributed by atoms with Crippen molar-refractivity contribution in [2.24, 2.45) is 12.0 Å². The molecule has 1 saturated heterocycles. The van der Waals surface area contributed by atoms with Gasteiger partial charge in [0, 0.05) is 56.3 Å². The van der Waals surface area contributed by atoms with Crippen molar-refractivity contribution in [1.82, 2.24) is 34.6 Å². The van der Waals surface area contributed by atoms with E-state index in [9.17, 15) is 4.79 Å². The van der Waals surface area contributed by atoms with E-state index in [4.69, 9.17) is 9.97 Å². The summed E-state index contributed by atoms with van der Waals surface area (Å²) in [7, 11) is 7.88. The molecule has 0 atom stereocenters. The molecule has 192 valence electrons. The molecule has 0 aromatic carbocycles. The summed E-state index contributed by atoms with van der Waals surface area (Å²) in [6.45, 7) is 5.83. The molecule has 0 spiro atoms. The lowest BCUT2D eigenvalue weighted by Gasteiger charge is -2.35. The Morgan fingerprint density at radius 1 is 1.11 bits per heavy atom. The van der Waals surface area contributed by atoms with Crippen LogP contribution < -0.4 is 4.90 Å². The van der Waals surface area contributed by atoms with Crippen molar-refractivity contribution in [3.05, 3.63) is 52.7 Å². The van der Waals surface area contributed by atoms with Crippen molar-refractivity contribution in [2.45, 2.75) is 32.7 Å². The Bertz CT molecular complexity index is 1490. The standard InChI is InChI=1S/C27H33N9O/c1-16-23(17(2)35(6)33-16)24-18(15-28-3)7-8-20(29-24)25(37)27-30-21-9-10-22(31-26(21)32-27)36-13-11-19(12-14-36)34(4)5/h7-10,15,19H,11-14H2,1-6H3,(H,30,31,32). The minimum Gasteiger partial charge on any atom is -0.356 e. The van der Waals surface area contributed by atoms with E-state index in [1.54, 1.807) is 19.3 Å². The number of aryl methyl sites for hydroxylation is 2. The summed E-state index contributed by atoms with van der Waals surface area (Å²) < 4.78 is 1.82. The topological polar surface area (TPSA) is 108 Å². The van der Waals surface area contributed by atoms with Gasteiger partial charge in [0.05, 0.1) is 16.9 Å². The molecule has 37 heavy (non-hydrogen) atoms. The van der Waals surface area contributed by atoms with Gasteiger partial charge < -0.3 is 14.8 Å². The number of rotatable bonds is 6. The molecule has 10 nitrogen and oxygen atoms in total. The summed E-state index contributed by atoms with van der Waals surface area (Å²) in [4.78, 5) is 39.4. The van der Waals surface area contributed by atoms with Crippen molar-refractivity contribution in [2.75, 3.05) is 39.1 Å². The first-order valence-electron chi connectivity index (χ1n) is 12.5. The lowest BCUT2D eigenvalue weighted by atomic mass is 10.0. The Hall–Kier alpha value is -3.92. The lowest BCUT2D eigenvalue weighted by Crippen LogP contribution is -2.42. The summed E-state index contributed by atoms with van der Waals surface area (Å²) in [5.41, 5.74) is 5.78. The quantitative estimate of drug-likeness (QED) is 0.321. The van der Waals surface area contributed by atoms with Gasteiger partial charge in [0.15, 0.2) is 11.5 Å². The highest BCUT2D eigenvalue weighted by Crippen LogP contribution is 2.28. The number of carbonyl (C=O) groups is 1. The molecule has 1 N–H and O–H groups in total. The fourth-order valence-corrected chi connectivity index (χ4v) is 5.06. The molecule has 4 aromatic rings. The smallest absolute Gasteiger partial charge is 0.246 e. The Morgan fingerprint density at radius 2 is 1.86 bits per heavy atom. The van der Waals surface area contributed by atoms with Crippen LogP contribution in [0, 0.1) is 13.8 Å². The van der Waals surface area contributed by atoms with Crippen LogP contribution in [0.2, 0.25) is 0 Å². The van der Waals surface area contributed by atoms with Crippen LogP contribution in [0.5, 0.6) is 0 Å². The average molecular weight is 500 g/mol. The first-order valence-corrected chi connectivity index (χ1v) is 12.5. The van der Waals surface area contributed by atoms with E-state index in [-0.39, 0.29) is 11.6 Å². The molecule has 0 aliphatic carbocycles. The maximum atomic E-state index is 13.5. The predicted octanol–water partition coefficient (Wildman–Crippen LogP) is 3.18. The third kappa shape index (κ3) is 4.64. The highest BCUT2D eigenvalue weighted by atomic mass is 16.1. The lowest BCUT2D eigenvalue weighted by molar-refractivity contribution is 0.102. The van der Waals surface area contributed by atoms with Crippen molar-refractivity contribution in [1.29, 1.82) is 0 Å². The molecular weight excluding hydrogens is 466 g/mol. The molecule has 0 radical (unpaired) electrons. The van der Waals surface area contributed by atoms with Gasteiger partial charge >= 0.3 is 0 Å². The molecular formula is C27H33N9O. The zero-order valence-electron chi connectivity index (χ0n) is 22.3.